The third-order valence-corrected chi connectivity index (χ3v) is 5.25. The Morgan fingerprint density at radius 2 is 2.11 bits per heavy atom. The minimum absolute atomic E-state index is 0.0246. The average molecular weight is 367 g/mol. The van der Waals surface area contributed by atoms with Crippen LogP contribution in [0.5, 0.6) is 0 Å². The zero-order valence-electron chi connectivity index (χ0n) is 15.0. The summed E-state index contributed by atoms with van der Waals surface area (Å²) in [4.78, 5) is 26.1. The van der Waals surface area contributed by atoms with Crippen molar-refractivity contribution in [3.8, 4) is 0 Å². The molecule has 0 spiro atoms. The molecule has 3 amide bonds. The number of halogens is 1. The lowest BCUT2D eigenvalue weighted by atomic mass is 10.0. The van der Waals surface area contributed by atoms with Crippen molar-refractivity contribution < 1.29 is 14.0 Å². The maximum atomic E-state index is 13.4. The van der Waals surface area contributed by atoms with Gasteiger partial charge in [-0.05, 0) is 67.1 Å². The Morgan fingerprint density at radius 1 is 1.22 bits per heavy atom. The van der Waals surface area contributed by atoms with E-state index in [0.29, 0.717) is 25.8 Å². The van der Waals surface area contributed by atoms with Gasteiger partial charge in [-0.3, -0.25) is 4.79 Å². The molecule has 27 heavy (non-hydrogen) atoms. The number of anilines is 2. The van der Waals surface area contributed by atoms with Crippen LogP contribution in [0.15, 0.2) is 42.5 Å². The number of urea groups is 1. The molecule has 140 valence electrons. The van der Waals surface area contributed by atoms with Crippen molar-refractivity contribution in [2.75, 3.05) is 17.2 Å². The number of carbonyl (C=O) groups is 2. The molecule has 2 aliphatic heterocycles. The number of benzene rings is 2. The van der Waals surface area contributed by atoms with Gasteiger partial charge in [0.1, 0.15) is 5.82 Å². The molecule has 2 aliphatic rings. The SMILES string of the molecule is O=C1CCc2cc(NC(=O)N3CCC[C@@H]3Cc3cccc(F)c3)ccc2N1. The van der Waals surface area contributed by atoms with Crippen molar-refractivity contribution in [1.82, 2.24) is 4.90 Å². The van der Waals surface area contributed by atoms with Gasteiger partial charge in [-0.1, -0.05) is 12.1 Å². The van der Waals surface area contributed by atoms with Gasteiger partial charge in [0, 0.05) is 30.4 Å². The molecule has 0 aliphatic carbocycles. The maximum absolute atomic E-state index is 13.4. The fourth-order valence-electron chi connectivity index (χ4n) is 3.91. The molecular formula is C21H22FN3O2. The van der Waals surface area contributed by atoms with Crippen LogP contribution < -0.4 is 10.6 Å². The smallest absolute Gasteiger partial charge is 0.322 e. The number of rotatable bonds is 3. The lowest BCUT2D eigenvalue weighted by Crippen LogP contribution is -2.39. The number of fused-ring (bicyclic) bond motifs is 1. The molecule has 1 saturated heterocycles. The van der Waals surface area contributed by atoms with E-state index < -0.39 is 0 Å². The Morgan fingerprint density at radius 3 is 2.96 bits per heavy atom. The topological polar surface area (TPSA) is 61.4 Å². The number of hydrogen-bond acceptors (Lipinski definition) is 2. The summed E-state index contributed by atoms with van der Waals surface area (Å²) >= 11 is 0. The number of amides is 3. The predicted octanol–water partition coefficient (Wildman–Crippen LogP) is 3.95. The second-order valence-electron chi connectivity index (χ2n) is 7.17. The zero-order chi connectivity index (χ0) is 18.8. The highest BCUT2D eigenvalue weighted by Gasteiger charge is 2.29. The number of hydrogen-bond donors (Lipinski definition) is 2. The summed E-state index contributed by atoms with van der Waals surface area (Å²) in [5.74, 6) is -0.223. The summed E-state index contributed by atoms with van der Waals surface area (Å²) < 4.78 is 13.4. The first-order chi connectivity index (χ1) is 13.1. The van der Waals surface area contributed by atoms with E-state index >= 15 is 0 Å². The van der Waals surface area contributed by atoms with Gasteiger partial charge in [-0.2, -0.15) is 0 Å². The Hall–Kier alpha value is -2.89. The lowest BCUT2D eigenvalue weighted by molar-refractivity contribution is -0.116. The van der Waals surface area contributed by atoms with E-state index in [2.05, 4.69) is 10.6 Å². The summed E-state index contributed by atoms with van der Waals surface area (Å²) in [7, 11) is 0. The van der Waals surface area contributed by atoms with Crippen LogP contribution in [0.3, 0.4) is 0 Å². The first kappa shape index (κ1) is 17.5. The Balaban J connectivity index is 1.43. The fraction of sp³-hybridized carbons (Fsp3) is 0.333. The highest BCUT2D eigenvalue weighted by atomic mass is 19.1. The second kappa shape index (κ2) is 7.39. The number of nitrogens with one attached hydrogen (secondary N) is 2. The zero-order valence-corrected chi connectivity index (χ0v) is 15.0. The summed E-state index contributed by atoms with van der Waals surface area (Å²) in [6.45, 7) is 0.701. The van der Waals surface area contributed by atoms with Crippen LogP contribution in [0.1, 0.15) is 30.4 Å². The van der Waals surface area contributed by atoms with E-state index in [1.165, 1.54) is 12.1 Å². The van der Waals surface area contributed by atoms with E-state index in [-0.39, 0.29) is 23.8 Å². The molecule has 1 atom stereocenters. The molecule has 0 unspecified atom stereocenters. The van der Waals surface area contributed by atoms with Crippen LogP contribution in [-0.2, 0) is 17.6 Å². The Kier molecular flexibility index (Phi) is 4.79. The molecule has 2 aromatic rings. The van der Waals surface area contributed by atoms with Crippen LogP contribution in [0, 0.1) is 5.82 Å². The molecule has 2 heterocycles. The van der Waals surface area contributed by atoms with Crippen molar-refractivity contribution in [3.05, 3.63) is 59.4 Å². The van der Waals surface area contributed by atoms with Crippen molar-refractivity contribution in [3.63, 3.8) is 0 Å². The molecule has 1 fully saturated rings. The largest absolute Gasteiger partial charge is 0.326 e. The summed E-state index contributed by atoms with van der Waals surface area (Å²) in [6, 6.07) is 12.1. The van der Waals surface area contributed by atoms with Gasteiger partial charge >= 0.3 is 6.03 Å². The molecule has 6 heteroatoms. The van der Waals surface area contributed by atoms with Crippen molar-refractivity contribution in [2.45, 2.75) is 38.1 Å². The first-order valence-corrected chi connectivity index (χ1v) is 9.33. The molecule has 0 aromatic heterocycles. The molecule has 4 rings (SSSR count). The van der Waals surface area contributed by atoms with Gasteiger partial charge in [0.25, 0.3) is 0 Å². The van der Waals surface area contributed by atoms with Crippen LogP contribution in [0.4, 0.5) is 20.6 Å². The van der Waals surface area contributed by atoms with Crippen LogP contribution in [0.2, 0.25) is 0 Å². The normalized spacial score (nSPS) is 18.8. The van der Waals surface area contributed by atoms with Crippen molar-refractivity contribution in [2.24, 2.45) is 0 Å². The van der Waals surface area contributed by atoms with Crippen LogP contribution in [0.25, 0.3) is 0 Å². The summed E-state index contributed by atoms with van der Waals surface area (Å²) in [5.41, 5.74) is 3.48. The Bertz CT molecular complexity index is 883. The Labute approximate surface area is 157 Å². The standard InChI is InChI=1S/C21H22FN3O2/c22-16-4-1-3-14(11-16)12-18-5-2-10-25(18)21(27)23-17-7-8-19-15(13-17)6-9-20(26)24-19/h1,3-4,7-8,11,13,18H,2,5-6,9-10,12H2,(H,23,27)(H,24,26)/t18-/m1/s1. The maximum Gasteiger partial charge on any atom is 0.322 e. The van der Waals surface area contributed by atoms with E-state index in [1.54, 1.807) is 12.1 Å². The molecule has 2 N–H and O–H groups in total. The number of aryl methyl sites for hydroxylation is 1. The number of likely N-dealkylation sites (tertiary alicyclic amines) is 1. The molecule has 0 saturated carbocycles. The third kappa shape index (κ3) is 3.94. The van der Waals surface area contributed by atoms with E-state index in [4.69, 9.17) is 0 Å². The molecule has 0 radical (unpaired) electrons. The highest BCUT2D eigenvalue weighted by Crippen LogP contribution is 2.27. The van der Waals surface area contributed by atoms with Crippen LogP contribution >= 0.6 is 0 Å². The number of carbonyl (C=O) groups excluding carboxylic acids is 2. The van der Waals surface area contributed by atoms with Gasteiger partial charge in [0.15, 0.2) is 0 Å². The van der Waals surface area contributed by atoms with Gasteiger partial charge in [-0.15, -0.1) is 0 Å². The summed E-state index contributed by atoms with van der Waals surface area (Å²) in [5, 5.41) is 5.81. The van der Waals surface area contributed by atoms with Gasteiger partial charge in [0.2, 0.25) is 5.91 Å². The van der Waals surface area contributed by atoms with Gasteiger partial charge in [0.05, 0.1) is 0 Å². The quantitative estimate of drug-likeness (QED) is 0.863. The minimum atomic E-state index is -0.248. The molecular weight excluding hydrogens is 345 g/mol. The predicted molar refractivity (Wildman–Crippen MR) is 102 cm³/mol. The minimum Gasteiger partial charge on any atom is -0.326 e. The van der Waals surface area contributed by atoms with Gasteiger partial charge in [-0.25, -0.2) is 9.18 Å². The molecule has 0 bridgehead atoms. The second-order valence-corrected chi connectivity index (χ2v) is 7.17. The average Bonchev–Trinajstić information content (AvgIpc) is 3.10. The third-order valence-electron chi connectivity index (χ3n) is 5.25. The van der Waals surface area contributed by atoms with E-state index in [0.717, 1.165) is 35.3 Å². The van der Waals surface area contributed by atoms with Crippen molar-refractivity contribution >= 4 is 23.3 Å². The van der Waals surface area contributed by atoms with E-state index in [1.807, 2.05) is 23.1 Å². The molecule has 5 nitrogen and oxygen atoms in total. The van der Waals surface area contributed by atoms with Gasteiger partial charge < -0.3 is 15.5 Å². The van der Waals surface area contributed by atoms with Crippen molar-refractivity contribution in [1.29, 1.82) is 0 Å². The summed E-state index contributed by atoms with van der Waals surface area (Å²) in [6.07, 6.45) is 3.66. The fourth-order valence-corrected chi connectivity index (χ4v) is 3.91. The first-order valence-electron chi connectivity index (χ1n) is 9.33. The molecule has 2 aromatic carbocycles. The van der Waals surface area contributed by atoms with Crippen LogP contribution in [-0.4, -0.2) is 29.4 Å². The number of nitrogens with zero attached hydrogens (tertiary/aromatic N) is 1. The van der Waals surface area contributed by atoms with E-state index in [9.17, 15) is 14.0 Å². The lowest BCUT2D eigenvalue weighted by Gasteiger charge is -2.25. The highest BCUT2D eigenvalue weighted by molar-refractivity contribution is 5.95. The monoisotopic (exact) mass is 367 g/mol.